The SMILES string of the molecule is Nc1c(NNC(=O)COc2ccc(Cl)cc2Cl)ncnc1Nc1ccc(Cl)cc1Cl. The highest BCUT2D eigenvalue weighted by atomic mass is 35.5. The van der Waals surface area contributed by atoms with E-state index in [1.54, 1.807) is 30.3 Å². The number of anilines is 4. The van der Waals surface area contributed by atoms with E-state index < -0.39 is 5.91 Å². The Labute approximate surface area is 191 Å². The Morgan fingerprint density at radius 2 is 1.63 bits per heavy atom. The first-order valence-electron chi connectivity index (χ1n) is 8.28. The summed E-state index contributed by atoms with van der Waals surface area (Å²) in [6.07, 6.45) is 1.26. The molecule has 0 radical (unpaired) electrons. The molecule has 0 saturated heterocycles. The van der Waals surface area contributed by atoms with E-state index in [2.05, 4.69) is 26.1 Å². The predicted octanol–water partition coefficient (Wildman–Crippen LogP) is 4.94. The number of hydrazine groups is 1. The molecule has 0 spiro atoms. The predicted molar refractivity (Wildman–Crippen MR) is 120 cm³/mol. The minimum Gasteiger partial charge on any atom is -0.482 e. The van der Waals surface area contributed by atoms with Crippen LogP contribution in [0.3, 0.4) is 0 Å². The van der Waals surface area contributed by atoms with Crippen molar-refractivity contribution in [3.05, 3.63) is 62.8 Å². The Kier molecular flexibility index (Phi) is 7.28. The van der Waals surface area contributed by atoms with Gasteiger partial charge in [0.2, 0.25) is 0 Å². The lowest BCUT2D eigenvalue weighted by molar-refractivity contribution is -0.122. The molecule has 8 nitrogen and oxygen atoms in total. The number of aromatic nitrogens is 2. The van der Waals surface area contributed by atoms with Crippen molar-refractivity contribution in [2.45, 2.75) is 0 Å². The Morgan fingerprint density at radius 1 is 0.967 bits per heavy atom. The summed E-state index contributed by atoms with van der Waals surface area (Å²) in [5.41, 5.74) is 11.8. The average molecular weight is 488 g/mol. The normalized spacial score (nSPS) is 10.4. The van der Waals surface area contributed by atoms with E-state index in [9.17, 15) is 4.79 Å². The lowest BCUT2D eigenvalue weighted by Crippen LogP contribution is -2.34. The van der Waals surface area contributed by atoms with Crippen LogP contribution < -0.4 is 26.6 Å². The molecule has 12 heteroatoms. The fraction of sp³-hybridized carbons (Fsp3) is 0.0556. The van der Waals surface area contributed by atoms with Crippen molar-refractivity contribution in [2.75, 3.05) is 23.1 Å². The Morgan fingerprint density at radius 3 is 2.33 bits per heavy atom. The lowest BCUT2D eigenvalue weighted by Gasteiger charge is -2.14. The number of halogens is 4. The van der Waals surface area contributed by atoms with Gasteiger partial charge in [0.15, 0.2) is 18.2 Å². The van der Waals surface area contributed by atoms with E-state index in [0.29, 0.717) is 31.5 Å². The number of hydrogen-bond donors (Lipinski definition) is 4. The number of carbonyl (C=O) groups is 1. The molecule has 3 rings (SSSR count). The van der Waals surface area contributed by atoms with Gasteiger partial charge in [-0.3, -0.25) is 15.6 Å². The largest absolute Gasteiger partial charge is 0.482 e. The van der Waals surface area contributed by atoms with Crippen LogP contribution in [0.5, 0.6) is 5.75 Å². The van der Waals surface area contributed by atoms with E-state index in [0.717, 1.165) is 0 Å². The highest BCUT2D eigenvalue weighted by molar-refractivity contribution is 6.36. The van der Waals surface area contributed by atoms with Gasteiger partial charge in [-0.05, 0) is 36.4 Å². The number of hydrogen-bond acceptors (Lipinski definition) is 7. The number of ether oxygens (including phenoxy) is 1. The van der Waals surface area contributed by atoms with Crippen molar-refractivity contribution >= 4 is 75.3 Å². The number of nitrogen functional groups attached to an aromatic ring is 1. The average Bonchev–Trinajstić information content (AvgIpc) is 2.70. The summed E-state index contributed by atoms with van der Waals surface area (Å²) in [5.74, 6) is 0.295. The summed E-state index contributed by atoms with van der Waals surface area (Å²) in [4.78, 5) is 20.1. The molecular formula is C18H14Cl4N6O2. The second-order valence-corrected chi connectivity index (χ2v) is 7.46. The van der Waals surface area contributed by atoms with Crippen LogP contribution in [0.4, 0.5) is 23.0 Å². The highest BCUT2D eigenvalue weighted by Crippen LogP contribution is 2.31. The Balaban J connectivity index is 1.60. The molecule has 0 aliphatic rings. The fourth-order valence-corrected chi connectivity index (χ4v) is 3.13. The van der Waals surface area contributed by atoms with Crippen LogP contribution in [0.25, 0.3) is 0 Å². The summed E-state index contributed by atoms with van der Waals surface area (Å²) in [7, 11) is 0. The molecule has 0 atom stereocenters. The molecule has 0 unspecified atom stereocenters. The van der Waals surface area contributed by atoms with Gasteiger partial charge in [-0.1, -0.05) is 46.4 Å². The van der Waals surface area contributed by atoms with Crippen molar-refractivity contribution in [1.82, 2.24) is 15.4 Å². The quantitative estimate of drug-likeness (QED) is 0.349. The van der Waals surface area contributed by atoms with Crippen molar-refractivity contribution in [1.29, 1.82) is 0 Å². The van der Waals surface area contributed by atoms with Gasteiger partial charge >= 0.3 is 0 Å². The number of benzene rings is 2. The van der Waals surface area contributed by atoms with E-state index >= 15 is 0 Å². The zero-order chi connectivity index (χ0) is 21.7. The van der Waals surface area contributed by atoms with Crippen LogP contribution in [0.2, 0.25) is 20.1 Å². The topological polar surface area (TPSA) is 114 Å². The molecule has 5 N–H and O–H groups in total. The van der Waals surface area contributed by atoms with Gasteiger partial charge in [0.1, 0.15) is 17.8 Å². The maximum absolute atomic E-state index is 12.0. The summed E-state index contributed by atoms with van der Waals surface area (Å²) in [6, 6.07) is 9.60. The van der Waals surface area contributed by atoms with Crippen molar-refractivity contribution in [2.24, 2.45) is 0 Å². The first-order chi connectivity index (χ1) is 14.3. The second kappa shape index (κ2) is 9.90. The van der Waals surface area contributed by atoms with Gasteiger partial charge < -0.3 is 15.8 Å². The molecule has 2 aromatic carbocycles. The molecule has 1 amide bonds. The number of rotatable bonds is 7. The van der Waals surface area contributed by atoms with E-state index in [4.69, 9.17) is 56.9 Å². The van der Waals surface area contributed by atoms with Gasteiger partial charge in [-0.15, -0.1) is 0 Å². The molecule has 1 aromatic heterocycles. The maximum Gasteiger partial charge on any atom is 0.276 e. The minimum atomic E-state index is -0.491. The zero-order valence-corrected chi connectivity index (χ0v) is 18.1. The Bertz CT molecular complexity index is 1080. The third-order valence-corrected chi connectivity index (χ3v) is 4.72. The van der Waals surface area contributed by atoms with Crippen LogP contribution in [-0.4, -0.2) is 22.5 Å². The van der Waals surface area contributed by atoms with Crippen LogP contribution in [0, 0.1) is 0 Å². The molecule has 156 valence electrons. The summed E-state index contributed by atoms with van der Waals surface area (Å²) < 4.78 is 5.35. The molecule has 0 saturated carbocycles. The lowest BCUT2D eigenvalue weighted by atomic mass is 10.3. The monoisotopic (exact) mass is 486 g/mol. The molecule has 0 aliphatic carbocycles. The molecule has 3 aromatic rings. The summed E-state index contributed by atoms with van der Waals surface area (Å²) in [6.45, 7) is -0.301. The van der Waals surface area contributed by atoms with Crippen LogP contribution in [-0.2, 0) is 4.79 Å². The van der Waals surface area contributed by atoms with E-state index in [1.165, 1.54) is 12.4 Å². The van der Waals surface area contributed by atoms with Crippen LogP contribution in [0.1, 0.15) is 0 Å². The smallest absolute Gasteiger partial charge is 0.276 e. The molecule has 30 heavy (non-hydrogen) atoms. The van der Waals surface area contributed by atoms with Gasteiger partial charge in [0.05, 0.1) is 15.7 Å². The Hall–Kier alpha value is -2.65. The number of amides is 1. The highest BCUT2D eigenvalue weighted by Gasteiger charge is 2.12. The number of nitrogens with two attached hydrogens (primary N) is 1. The number of carbonyl (C=O) groups excluding carboxylic acids is 1. The summed E-state index contributed by atoms with van der Waals surface area (Å²) >= 11 is 23.9. The van der Waals surface area contributed by atoms with E-state index in [1.807, 2.05) is 0 Å². The fourth-order valence-electron chi connectivity index (χ4n) is 2.21. The third kappa shape index (κ3) is 5.70. The first-order valence-corrected chi connectivity index (χ1v) is 9.80. The molecule has 0 aliphatic heterocycles. The van der Waals surface area contributed by atoms with Gasteiger partial charge in [-0.2, -0.15) is 0 Å². The molecule has 1 heterocycles. The molecular weight excluding hydrogens is 474 g/mol. The molecule has 0 fully saturated rings. The minimum absolute atomic E-state index is 0.158. The number of nitrogens with one attached hydrogen (secondary N) is 3. The molecule has 0 bridgehead atoms. The third-order valence-electron chi connectivity index (χ3n) is 3.64. The van der Waals surface area contributed by atoms with Crippen molar-refractivity contribution < 1.29 is 9.53 Å². The van der Waals surface area contributed by atoms with Crippen molar-refractivity contribution in [3.63, 3.8) is 0 Å². The van der Waals surface area contributed by atoms with Crippen molar-refractivity contribution in [3.8, 4) is 5.75 Å². The zero-order valence-electron chi connectivity index (χ0n) is 15.0. The number of nitrogens with zero attached hydrogens (tertiary/aromatic N) is 2. The summed E-state index contributed by atoms with van der Waals surface area (Å²) in [5, 5.41) is 4.62. The van der Waals surface area contributed by atoms with Gasteiger partial charge in [0.25, 0.3) is 5.91 Å². The van der Waals surface area contributed by atoms with Gasteiger partial charge in [-0.25, -0.2) is 9.97 Å². The second-order valence-electron chi connectivity index (χ2n) is 5.77. The van der Waals surface area contributed by atoms with Crippen LogP contribution in [0.15, 0.2) is 42.7 Å². The van der Waals surface area contributed by atoms with Crippen LogP contribution >= 0.6 is 46.4 Å². The maximum atomic E-state index is 12.0. The standard InChI is InChI=1S/C18H14Cl4N6O2/c19-9-1-3-13(11(21)5-9)26-17-16(23)18(25-8-24-17)28-27-15(29)7-30-14-4-2-10(20)6-12(14)22/h1-6,8H,7,23H2,(H,27,29)(H2,24,25,26,28). The van der Waals surface area contributed by atoms with E-state index in [-0.39, 0.29) is 23.9 Å². The van der Waals surface area contributed by atoms with Gasteiger partial charge in [0, 0.05) is 10.0 Å². The first kappa shape index (κ1) is 22.0.